The van der Waals surface area contributed by atoms with E-state index in [1.165, 1.54) is 46.0 Å². The molecule has 14 heteroatoms. The molecule has 3 aromatic heterocycles. The van der Waals surface area contributed by atoms with Crippen molar-refractivity contribution in [1.29, 1.82) is 0 Å². The van der Waals surface area contributed by atoms with Gasteiger partial charge in [-0.25, -0.2) is 9.50 Å². The van der Waals surface area contributed by atoms with Gasteiger partial charge in [0.2, 0.25) is 5.91 Å². The number of hydrogen-bond acceptors (Lipinski definition) is 7. The third-order valence-electron chi connectivity index (χ3n) is 7.60. The number of nitrogens with zero attached hydrogens (tertiary/aromatic N) is 7. The van der Waals surface area contributed by atoms with Crippen LogP contribution in [0.4, 0.5) is 14.5 Å². The number of ether oxygens (including phenoxy) is 1. The predicted octanol–water partition coefficient (Wildman–Crippen LogP) is 3.51. The zero-order valence-corrected chi connectivity index (χ0v) is 22.8. The van der Waals surface area contributed by atoms with Crippen LogP contribution in [0, 0.1) is 11.8 Å². The summed E-state index contributed by atoms with van der Waals surface area (Å²) in [7, 11) is 2.09. The predicted molar refractivity (Wildman–Crippen MR) is 146 cm³/mol. The molecule has 0 aliphatic carbocycles. The number of fused-ring (bicyclic) bond motifs is 2. The van der Waals surface area contributed by atoms with Gasteiger partial charge in [-0.15, -0.1) is 0 Å². The molecule has 2 amide bonds. The molecule has 0 radical (unpaired) electrons. The zero-order valence-electron chi connectivity index (χ0n) is 22.1. The monoisotopic (exact) mass is 584 g/mol. The Kier molecular flexibility index (Phi) is 7.30. The van der Waals surface area contributed by atoms with Gasteiger partial charge in [0.25, 0.3) is 5.91 Å². The second-order valence-electron chi connectivity index (χ2n) is 10.4. The van der Waals surface area contributed by atoms with Crippen molar-refractivity contribution >= 4 is 34.7 Å². The number of amides is 2. The van der Waals surface area contributed by atoms with Gasteiger partial charge in [-0.1, -0.05) is 11.6 Å². The molecule has 0 bridgehead atoms. The zero-order chi connectivity index (χ0) is 28.7. The lowest BCUT2D eigenvalue weighted by Crippen LogP contribution is -2.37. The highest BCUT2D eigenvalue weighted by Crippen LogP contribution is 2.37. The van der Waals surface area contributed by atoms with Crippen molar-refractivity contribution in [2.45, 2.75) is 19.6 Å². The average Bonchev–Trinajstić information content (AvgIpc) is 3.66. The molecule has 5 heterocycles. The standard InChI is InChI=1S/C27H27ClF2N8O3/c1-35-8-5-16-12-36(13-17(16)11-35)23(39)15-37-14-21(33-26(40)20-10-32-38-7-2-6-31-25(20)38)24(34-37)19-9-18(28)3-4-22(19)41-27(29)30/h2-4,6-7,9-10,14,16-17,27H,5,8,11-13,15H2,1H3,(H,33,40)/t16-,17-/m1/s1. The maximum absolute atomic E-state index is 13.3. The van der Waals surface area contributed by atoms with Crippen molar-refractivity contribution in [3.63, 3.8) is 0 Å². The Morgan fingerprint density at radius 2 is 2.05 bits per heavy atom. The highest BCUT2D eigenvalue weighted by molar-refractivity contribution is 6.31. The Morgan fingerprint density at radius 1 is 1.22 bits per heavy atom. The van der Waals surface area contributed by atoms with E-state index in [2.05, 4.69) is 32.4 Å². The summed E-state index contributed by atoms with van der Waals surface area (Å²) in [6, 6.07) is 5.81. The number of benzene rings is 1. The molecule has 2 saturated heterocycles. The number of hydrogen-bond donors (Lipinski definition) is 1. The molecule has 11 nitrogen and oxygen atoms in total. The van der Waals surface area contributed by atoms with Crippen LogP contribution in [0.3, 0.4) is 0 Å². The van der Waals surface area contributed by atoms with E-state index in [0.29, 0.717) is 30.6 Å². The number of carbonyl (C=O) groups is 2. The Labute approximate surface area is 238 Å². The van der Waals surface area contributed by atoms with Crippen molar-refractivity contribution in [3.05, 3.63) is 59.6 Å². The summed E-state index contributed by atoms with van der Waals surface area (Å²) in [5, 5.41) is 11.7. The van der Waals surface area contributed by atoms with E-state index in [4.69, 9.17) is 16.3 Å². The van der Waals surface area contributed by atoms with Crippen LogP contribution in [-0.4, -0.2) is 85.8 Å². The van der Waals surface area contributed by atoms with Gasteiger partial charge in [-0.05, 0) is 56.1 Å². The Balaban J connectivity index is 1.31. The first-order valence-electron chi connectivity index (χ1n) is 13.1. The molecule has 41 heavy (non-hydrogen) atoms. The Bertz CT molecular complexity index is 1610. The highest BCUT2D eigenvalue weighted by atomic mass is 35.5. The molecule has 2 aliphatic heterocycles. The van der Waals surface area contributed by atoms with E-state index in [1.807, 2.05) is 4.90 Å². The van der Waals surface area contributed by atoms with Gasteiger partial charge >= 0.3 is 6.61 Å². The molecule has 1 aromatic carbocycles. The fourth-order valence-corrected chi connectivity index (χ4v) is 5.82. The summed E-state index contributed by atoms with van der Waals surface area (Å²) in [5.41, 5.74) is 0.953. The molecule has 4 aromatic rings. The number of halogens is 3. The van der Waals surface area contributed by atoms with Gasteiger partial charge in [-0.2, -0.15) is 19.0 Å². The number of piperidine rings is 1. The molecule has 2 atom stereocenters. The number of rotatable bonds is 7. The van der Waals surface area contributed by atoms with E-state index < -0.39 is 12.5 Å². The summed E-state index contributed by atoms with van der Waals surface area (Å²) < 4.78 is 34.1. The van der Waals surface area contributed by atoms with Gasteiger partial charge in [0, 0.05) is 48.8 Å². The van der Waals surface area contributed by atoms with Crippen molar-refractivity contribution in [1.82, 2.24) is 34.2 Å². The molecule has 1 N–H and O–H groups in total. The minimum absolute atomic E-state index is 0.0952. The molecule has 2 fully saturated rings. The van der Waals surface area contributed by atoms with Gasteiger partial charge in [0.15, 0.2) is 5.65 Å². The molecular formula is C27H27ClF2N8O3. The van der Waals surface area contributed by atoms with Gasteiger partial charge in [-0.3, -0.25) is 14.3 Å². The lowest BCUT2D eigenvalue weighted by Gasteiger charge is -2.31. The summed E-state index contributed by atoms with van der Waals surface area (Å²) in [6.45, 7) is 0.142. The SMILES string of the molecule is CN1CC[C@@H]2CN(C(=O)Cn3cc(NC(=O)c4cnn5cccnc45)c(-c4cc(Cl)ccc4OC(F)F)n3)C[C@H]2C1. The number of likely N-dealkylation sites (tertiary alicyclic amines) is 2. The maximum atomic E-state index is 13.3. The molecular weight excluding hydrogens is 558 g/mol. The van der Waals surface area contributed by atoms with Crippen LogP contribution in [0.5, 0.6) is 5.75 Å². The fraction of sp³-hybridized carbons (Fsp3) is 0.370. The van der Waals surface area contributed by atoms with Crippen molar-refractivity contribution < 1.29 is 23.1 Å². The topological polar surface area (TPSA) is 110 Å². The Hall–Kier alpha value is -4.10. The van der Waals surface area contributed by atoms with Gasteiger partial charge in [0.1, 0.15) is 23.6 Å². The van der Waals surface area contributed by atoms with E-state index in [1.54, 1.807) is 12.3 Å². The summed E-state index contributed by atoms with van der Waals surface area (Å²) in [6.07, 6.45) is 7.11. The van der Waals surface area contributed by atoms with E-state index in [0.717, 1.165) is 19.5 Å². The second-order valence-corrected chi connectivity index (χ2v) is 10.8. The maximum Gasteiger partial charge on any atom is 0.387 e. The second kappa shape index (κ2) is 11.1. The van der Waals surface area contributed by atoms with Gasteiger partial charge < -0.3 is 19.9 Å². The van der Waals surface area contributed by atoms with Crippen LogP contribution in [0.25, 0.3) is 16.9 Å². The molecule has 0 spiro atoms. The van der Waals surface area contributed by atoms with E-state index >= 15 is 0 Å². The number of nitrogens with one attached hydrogen (secondary N) is 1. The van der Waals surface area contributed by atoms with Crippen molar-refractivity contribution in [2.24, 2.45) is 11.8 Å². The van der Waals surface area contributed by atoms with Crippen LogP contribution in [0.15, 0.2) is 49.1 Å². The lowest BCUT2D eigenvalue weighted by molar-refractivity contribution is -0.131. The van der Waals surface area contributed by atoms with Crippen molar-refractivity contribution in [3.8, 4) is 17.0 Å². The van der Waals surface area contributed by atoms with Crippen LogP contribution in [0.2, 0.25) is 5.02 Å². The lowest BCUT2D eigenvalue weighted by atomic mass is 9.89. The minimum atomic E-state index is -3.10. The highest BCUT2D eigenvalue weighted by Gasteiger charge is 2.38. The van der Waals surface area contributed by atoms with E-state index in [-0.39, 0.29) is 45.7 Å². The third-order valence-corrected chi connectivity index (χ3v) is 7.84. The molecule has 6 rings (SSSR count). The van der Waals surface area contributed by atoms with Crippen LogP contribution in [0.1, 0.15) is 16.8 Å². The first-order chi connectivity index (χ1) is 19.7. The largest absolute Gasteiger partial charge is 0.434 e. The van der Waals surface area contributed by atoms with E-state index in [9.17, 15) is 18.4 Å². The normalized spacial score (nSPS) is 19.1. The van der Waals surface area contributed by atoms with Gasteiger partial charge in [0.05, 0.1) is 11.9 Å². The van der Waals surface area contributed by atoms with Crippen LogP contribution >= 0.6 is 11.6 Å². The third kappa shape index (κ3) is 5.59. The summed E-state index contributed by atoms with van der Waals surface area (Å²) >= 11 is 6.21. The first-order valence-corrected chi connectivity index (χ1v) is 13.5. The molecule has 0 unspecified atom stereocenters. The molecule has 2 aliphatic rings. The summed E-state index contributed by atoms with van der Waals surface area (Å²) in [5.74, 6) is 0.0635. The average molecular weight is 585 g/mol. The van der Waals surface area contributed by atoms with Crippen molar-refractivity contribution in [2.75, 3.05) is 38.5 Å². The number of anilines is 1. The Morgan fingerprint density at radius 3 is 2.88 bits per heavy atom. The number of carbonyl (C=O) groups excluding carboxylic acids is 2. The van der Waals surface area contributed by atoms with Crippen LogP contribution in [-0.2, 0) is 11.3 Å². The molecule has 0 saturated carbocycles. The summed E-state index contributed by atoms with van der Waals surface area (Å²) in [4.78, 5) is 35.0. The smallest absolute Gasteiger partial charge is 0.387 e. The first kappa shape index (κ1) is 27.1. The minimum Gasteiger partial charge on any atom is -0.434 e. The quantitative estimate of drug-likeness (QED) is 0.354. The molecule has 214 valence electrons. The van der Waals surface area contributed by atoms with Crippen LogP contribution < -0.4 is 10.1 Å². The number of alkyl halides is 2. The fourth-order valence-electron chi connectivity index (χ4n) is 5.65. The number of aromatic nitrogens is 5.